The molecule has 172 valence electrons. The molecule has 33 heavy (non-hydrogen) atoms. The van der Waals surface area contributed by atoms with Gasteiger partial charge in [0.25, 0.3) is 5.88 Å². The molecule has 0 amide bonds. The van der Waals surface area contributed by atoms with E-state index in [0.717, 1.165) is 24.3 Å². The summed E-state index contributed by atoms with van der Waals surface area (Å²) in [6.45, 7) is 1.59. The minimum absolute atomic E-state index is 0.0460. The third-order valence-corrected chi connectivity index (χ3v) is 5.51. The normalized spacial score (nSPS) is 11.3. The second-order valence-electron chi connectivity index (χ2n) is 7.82. The highest BCUT2D eigenvalue weighted by Gasteiger charge is 2.25. The number of benzene rings is 2. The molecule has 0 spiro atoms. The van der Waals surface area contributed by atoms with Gasteiger partial charge in [0, 0.05) is 17.5 Å². The van der Waals surface area contributed by atoms with Crippen LogP contribution in [0.3, 0.4) is 0 Å². The van der Waals surface area contributed by atoms with Crippen LogP contribution in [-0.4, -0.2) is 60.3 Å². The lowest BCUT2D eigenvalue weighted by molar-refractivity contribution is 0.0999. The number of ketones is 1. The summed E-state index contributed by atoms with van der Waals surface area (Å²) < 4.78 is 15.8. The van der Waals surface area contributed by atoms with Crippen LogP contribution in [0.4, 0.5) is 0 Å². The molecule has 4 rings (SSSR count). The Morgan fingerprint density at radius 1 is 1.21 bits per heavy atom. The molecule has 0 bridgehead atoms. The second kappa shape index (κ2) is 9.56. The van der Waals surface area contributed by atoms with E-state index >= 15 is 0 Å². The van der Waals surface area contributed by atoms with Gasteiger partial charge < -0.3 is 29.0 Å². The molecule has 0 unspecified atom stereocenters. The summed E-state index contributed by atoms with van der Waals surface area (Å²) in [7, 11) is 5.48. The number of methoxy groups -OCH3 is 1. The highest BCUT2D eigenvalue weighted by atomic mass is 35.5. The molecule has 2 heterocycles. The second-order valence-corrected chi connectivity index (χ2v) is 8.23. The van der Waals surface area contributed by atoms with Crippen molar-refractivity contribution in [2.24, 2.45) is 0 Å². The quantitative estimate of drug-likeness (QED) is 0.269. The van der Waals surface area contributed by atoms with Crippen LogP contribution in [0.25, 0.3) is 22.0 Å². The standard InChI is InChI=1S/C24H24ClN3O5/c1-28(2)9-4-10-32-15-7-5-14(6-8-15)16-11-17-19(12-18(16)25)26-24(30)22(17)23(29)20-13-21(31-3)27-33-20/h5-8,11-13,26,30H,4,9-10H2,1-3H3. The fraction of sp³-hybridized carbons (Fsp3) is 0.250. The lowest BCUT2D eigenvalue weighted by Crippen LogP contribution is -2.15. The average molecular weight is 470 g/mol. The predicted octanol–water partition coefficient (Wildman–Crippen LogP) is 4.75. The summed E-state index contributed by atoms with van der Waals surface area (Å²) in [5.41, 5.74) is 2.16. The fourth-order valence-corrected chi connectivity index (χ4v) is 3.81. The van der Waals surface area contributed by atoms with Crippen LogP contribution in [-0.2, 0) is 0 Å². The Morgan fingerprint density at radius 3 is 2.64 bits per heavy atom. The zero-order chi connectivity index (χ0) is 23.5. The molecular weight excluding hydrogens is 446 g/mol. The molecule has 0 saturated heterocycles. The van der Waals surface area contributed by atoms with Gasteiger partial charge in [-0.05, 0) is 55.5 Å². The first-order valence-electron chi connectivity index (χ1n) is 10.3. The van der Waals surface area contributed by atoms with Crippen molar-refractivity contribution in [2.45, 2.75) is 6.42 Å². The maximum absolute atomic E-state index is 13.0. The van der Waals surface area contributed by atoms with Crippen LogP contribution in [0.1, 0.15) is 22.5 Å². The van der Waals surface area contributed by atoms with E-state index in [9.17, 15) is 9.90 Å². The molecule has 0 saturated carbocycles. The number of aromatic hydroxyl groups is 1. The zero-order valence-electron chi connectivity index (χ0n) is 18.5. The Hall–Kier alpha value is -3.49. The van der Waals surface area contributed by atoms with Crippen LogP contribution < -0.4 is 9.47 Å². The van der Waals surface area contributed by atoms with E-state index < -0.39 is 5.78 Å². The van der Waals surface area contributed by atoms with Gasteiger partial charge in [-0.25, -0.2) is 0 Å². The molecule has 0 radical (unpaired) electrons. The molecule has 0 aliphatic rings. The van der Waals surface area contributed by atoms with E-state index in [2.05, 4.69) is 15.0 Å². The monoisotopic (exact) mass is 469 g/mol. The third kappa shape index (κ3) is 4.81. The molecular formula is C24H24ClN3O5. The zero-order valence-corrected chi connectivity index (χ0v) is 19.3. The number of hydrogen-bond donors (Lipinski definition) is 2. The maximum atomic E-state index is 13.0. The van der Waals surface area contributed by atoms with Gasteiger partial charge in [-0.15, -0.1) is 0 Å². The number of aromatic nitrogens is 2. The van der Waals surface area contributed by atoms with Crippen LogP contribution in [0.5, 0.6) is 17.5 Å². The Kier molecular flexibility index (Phi) is 6.57. The van der Waals surface area contributed by atoms with Gasteiger partial charge in [0.05, 0.1) is 35.9 Å². The molecule has 0 fully saturated rings. The summed E-state index contributed by atoms with van der Waals surface area (Å²) in [6, 6.07) is 12.4. The first-order chi connectivity index (χ1) is 15.9. The summed E-state index contributed by atoms with van der Waals surface area (Å²) in [5.74, 6) is 0.0919. The van der Waals surface area contributed by atoms with Crippen molar-refractivity contribution >= 4 is 28.3 Å². The Bertz CT molecular complexity index is 1280. The Morgan fingerprint density at radius 2 is 1.97 bits per heavy atom. The van der Waals surface area contributed by atoms with Crippen LogP contribution in [0, 0.1) is 0 Å². The minimum atomic E-state index is -0.524. The maximum Gasteiger partial charge on any atom is 0.254 e. The molecule has 0 aliphatic carbocycles. The smallest absolute Gasteiger partial charge is 0.254 e. The highest BCUT2D eigenvalue weighted by molar-refractivity contribution is 6.34. The number of carbonyl (C=O) groups is 1. The number of hydrogen-bond acceptors (Lipinski definition) is 7. The van der Waals surface area contributed by atoms with E-state index in [4.69, 9.17) is 25.6 Å². The van der Waals surface area contributed by atoms with Gasteiger partial charge in [0.2, 0.25) is 17.4 Å². The summed E-state index contributed by atoms with van der Waals surface area (Å²) in [4.78, 5) is 17.9. The lowest BCUT2D eigenvalue weighted by Gasteiger charge is -2.11. The molecule has 0 atom stereocenters. The van der Waals surface area contributed by atoms with Gasteiger partial charge in [-0.2, -0.15) is 0 Å². The van der Waals surface area contributed by atoms with E-state index in [-0.39, 0.29) is 23.1 Å². The number of carbonyl (C=O) groups excluding carboxylic acids is 1. The van der Waals surface area contributed by atoms with Crippen molar-refractivity contribution in [2.75, 3.05) is 34.4 Å². The van der Waals surface area contributed by atoms with E-state index in [0.29, 0.717) is 28.1 Å². The topological polar surface area (TPSA) is 101 Å². The van der Waals surface area contributed by atoms with Crippen LogP contribution in [0.15, 0.2) is 47.0 Å². The van der Waals surface area contributed by atoms with Crippen molar-refractivity contribution in [1.82, 2.24) is 15.0 Å². The lowest BCUT2D eigenvalue weighted by atomic mass is 10.0. The molecule has 2 aromatic heterocycles. The number of fused-ring (bicyclic) bond motifs is 1. The minimum Gasteiger partial charge on any atom is -0.494 e. The van der Waals surface area contributed by atoms with Crippen molar-refractivity contribution in [3.05, 3.63) is 58.8 Å². The molecule has 9 heteroatoms. The van der Waals surface area contributed by atoms with Crippen molar-refractivity contribution in [1.29, 1.82) is 0 Å². The molecule has 8 nitrogen and oxygen atoms in total. The van der Waals surface area contributed by atoms with E-state index in [1.54, 1.807) is 12.1 Å². The van der Waals surface area contributed by atoms with Gasteiger partial charge >= 0.3 is 0 Å². The van der Waals surface area contributed by atoms with Gasteiger partial charge in [-0.1, -0.05) is 23.7 Å². The van der Waals surface area contributed by atoms with Crippen LogP contribution >= 0.6 is 11.6 Å². The number of H-pyrrole nitrogens is 1. The van der Waals surface area contributed by atoms with E-state index in [1.165, 1.54) is 13.2 Å². The van der Waals surface area contributed by atoms with Crippen molar-refractivity contribution in [3.8, 4) is 28.6 Å². The number of nitrogens with one attached hydrogen (secondary N) is 1. The molecule has 2 aromatic carbocycles. The molecule has 4 aromatic rings. The summed E-state index contributed by atoms with van der Waals surface area (Å²) in [5, 5.41) is 15.1. The molecule has 2 N–H and O–H groups in total. The summed E-state index contributed by atoms with van der Waals surface area (Å²) >= 11 is 6.52. The number of aromatic amines is 1. The number of ether oxygens (including phenoxy) is 2. The average Bonchev–Trinajstić information content (AvgIpc) is 3.40. The van der Waals surface area contributed by atoms with Crippen molar-refractivity contribution < 1.29 is 23.9 Å². The number of halogens is 1. The Balaban J connectivity index is 1.63. The van der Waals surface area contributed by atoms with E-state index in [1.807, 2.05) is 38.4 Å². The first kappa shape index (κ1) is 22.7. The fourth-order valence-electron chi connectivity index (χ4n) is 3.54. The van der Waals surface area contributed by atoms with Gasteiger partial charge in [0.1, 0.15) is 5.75 Å². The highest BCUT2D eigenvalue weighted by Crippen LogP contribution is 2.37. The van der Waals surface area contributed by atoms with Gasteiger partial charge in [-0.3, -0.25) is 4.79 Å². The largest absolute Gasteiger partial charge is 0.494 e. The van der Waals surface area contributed by atoms with Gasteiger partial charge in [0.15, 0.2) is 0 Å². The number of rotatable bonds is 9. The molecule has 0 aliphatic heterocycles. The predicted molar refractivity (Wildman–Crippen MR) is 126 cm³/mol. The SMILES string of the molecule is COc1cc(C(=O)c2c(O)[nH]c3cc(Cl)c(-c4ccc(OCCCN(C)C)cc4)cc23)on1. The Labute approximate surface area is 195 Å². The number of nitrogens with zero attached hydrogens (tertiary/aromatic N) is 2. The first-order valence-corrected chi connectivity index (χ1v) is 10.7. The van der Waals surface area contributed by atoms with Crippen LogP contribution in [0.2, 0.25) is 5.02 Å². The van der Waals surface area contributed by atoms with Crippen molar-refractivity contribution in [3.63, 3.8) is 0 Å². The summed E-state index contributed by atoms with van der Waals surface area (Å²) in [6.07, 6.45) is 0.933. The third-order valence-electron chi connectivity index (χ3n) is 5.20.